The minimum atomic E-state index is -0.828. The van der Waals surface area contributed by atoms with Gasteiger partial charge in [0.25, 0.3) is 5.69 Å². The van der Waals surface area contributed by atoms with E-state index in [4.69, 9.17) is 8.83 Å². The first-order valence-electron chi connectivity index (χ1n) is 6.08. The molecule has 0 amide bonds. The fourth-order valence-corrected chi connectivity index (χ4v) is 1.83. The number of aliphatic hydroxyl groups is 1. The molecule has 0 radical (unpaired) electrons. The SMILES string of the molecule is O=c1oc2cc([N+](=O)[O-])ccc2nc1C=C(O)c1ccco1. The Kier molecular flexibility index (Phi) is 3.18. The average molecular weight is 300 g/mol. The Bertz CT molecular complexity index is 940. The molecule has 0 aliphatic rings. The van der Waals surface area contributed by atoms with Crippen molar-refractivity contribution in [3.63, 3.8) is 0 Å². The van der Waals surface area contributed by atoms with Gasteiger partial charge in [-0.15, -0.1) is 0 Å². The number of hydrogen-bond donors (Lipinski definition) is 1. The van der Waals surface area contributed by atoms with Crippen LogP contribution in [0.5, 0.6) is 0 Å². The first kappa shape index (κ1) is 13.6. The summed E-state index contributed by atoms with van der Waals surface area (Å²) in [7, 11) is 0. The molecule has 8 nitrogen and oxygen atoms in total. The van der Waals surface area contributed by atoms with Crippen LogP contribution < -0.4 is 5.63 Å². The van der Waals surface area contributed by atoms with E-state index in [-0.39, 0.29) is 34.0 Å². The van der Waals surface area contributed by atoms with E-state index >= 15 is 0 Å². The van der Waals surface area contributed by atoms with Gasteiger partial charge in [0.15, 0.2) is 22.8 Å². The smallest absolute Gasteiger partial charge is 0.362 e. The number of fused-ring (bicyclic) bond motifs is 1. The molecule has 0 unspecified atom stereocenters. The van der Waals surface area contributed by atoms with Crippen molar-refractivity contribution in [3.05, 3.63) is 68.6 Å². The molecule has 0 spiro atoms. The topological polar surface area (TPSA) is 120 Å². The van der Waals surface area contributed by atoms with Crippen molar-refractivity contribution < 1.29 is 18.9 Å². The molecule has 0 fully saturated rings. The third-order valence-electron chi connectivity index (χ3n) is 2.85. The zero-order valence-corrected chi connectivity index (χ0v) is 10.9. The standard InChI is InChI=1S/C14H8N2O6/c17-11(12-2-1-5-21-12)7-10-14(18)22-13-6-8(16(19)20)3-4-9(13)15-10/h1-7,17H. The van der Waals surface area contributed by atoms with Crippen LogP contribution >= 0.6 is 0 Å². The average Bonchev–Trinajstić information content (AvgIpc) is 3.01. The van der Waals surface area contributed by atoms with Crippen LogP contribution in [0.25, 0.3) is 22.9 Å². The van der Waals surface area contributed by atoms with Crippen LogP contribution in [0.15, 0.2) is 50.2 Å². The lowest BCUT2D eigenvalue weighted by Gasteiger charge is -1.99. The minimum absolute atomic E-state index is 0.00571. The molecule has 3 rings (SSSR count). The lowest BCUT2D eigenvalue weighted by Crippen LogP contribution is -2.06. The minimum Gasteiger partial charge on any atom is -0.504 e. The quantitative estimate of drug-likeness (QED) is 0.448. The number of nitro benzene ring substituents is 1. The highest BCUT2D eigenvalue weighted by atomic mass is 16.6. The largest absolute Gasteiger partial charge is 0.504 e. The van der Waals surface area contributed by atoms with E-state index in [1.54, 1.807) is 6.07 Å². The van der Waals surface area contributed by atoms with Crippen LogP contribution in [0, 0.1) is 10.1 Å². The third-order valence-corrected chi connectivity index (χ3v) is 2.85. The van der Waals surface area contributed by atoms with Gasteiger partial charge in [0.1, 0.15) is 5.52 Å². The Balaban J connectivity index is 2.10. The third kappa shape index (κ3) is 2.44. The summed E-state index contributed by atoms with van der Waals surface area (Å²) in [5, 5.41) is 20.5. The maximum absolute atomic E-state index is 11.8. The molecule has 3 aromatic rings. The highest BCUT2D eigenvalue weighted by Gasteiger charge is 2.12. The molecule has 22 heavy (non-hydrogen) atoms. The van der Waals surface area contributed by atoms with Crippen molar-refractivity contribution in [3.8, 4) is 0 Å². The molecular weight excluding hydrogens is 292 g/mol. The van der Waals surface area contributed by atoms with Gasteiger partial charge >= 0.3 is 5.63 Å². The number of nitro groups is 1. The number of nitrogens with zero attached hydrogens (tertiary/aromatic N) is 2. The molecule has 0 aliphatic carbocycles. The Labute approximate surface area is 122 Å². The van der Waals surface area contributed by atoms with Crippen molar-refractivity contribution in [2.24, 2.45) is 0 Å². The molecule has 0 atom stereocenters. The van der Waals surface area contributed by atoms with E-state index in [2.05, 4.69) is 4.98 Å². The highest BCUT2D eigenvalue weighted by Crippen LogP contribution is 2.19. The number of benzene rings is 1. The number of hydrogen-bond acceptors (Lipinski definition) is 7. The number of rotatable bonds is 3. The summed E-state index contributed by atoms with van der Waals surface area (Å²) in [5.74, 6) is -0.115. The maximum atomic E-state index is 11.8. The zero-order valence-electron chi connectivity index (χ0n) is 10.9. The summed E-state index contributed by atoms with van der Waals surface area (Å²) in [6, 6.07) is 6.81. The van der Waals surface area contributed by atoms with Crippen LogP contribution in [0.4, 0.5) is 5.69 Å². The van der Waals surface area contributed by atoms with Gasteiger partial charge in [-0.3, -0.25) is 10.1 Å². The van der Waals surface area contributed by atoms with Gasteiger partial charge in [0, 0.05) is 12.1 Å². The van der Waals surface area contributed by atoms with Gasteiger partial charge in [0.05, 0.1) is 17.3 Å². The fourth-order valence-electron chi connectivity index (χ4n) is 1.83. The first-order chi connectivity index (χ1) is 10.5. The molecular formula is C14H8N2O6. The lowest BCUT2D eigenvalue weighted by atomic mass is 10.2. The molecule has 2 heterocycles. The van der Waals surface area contributed by atoms with Gasteiger partial charge in [0.2, 0.25) is 0 Å². The van der Waals surface area contributed by atoms with Gasteiger partial charge in [-0.25, -0.2) is 9.78 Å². The van der Waals surface area contributed by atoms with Gasteiger partial charge in [-0.1, -0.05) is 0 Å². The Hall–Kier alpha value is -3.42. The Morgan fingerprint density at radius 3 is 2.86 bits per heavy atom. The molecule has 0 aliphatic heterocycles. The van der Waals surface area contributed by atoms with Crippen LogP contribution in [-0.4, -0.2) is 15.0 Å². The van der Waals surface area contributed by atoms with E-state index < -0.39 is 10.5 Å². The lowest BCUT2D eigenvalue weighted by molar-refractivity contribution is -0.384. The fraction of sp³-hybridized carbons (Fsp3) is 0. The summed E-state index contributed by atoms with van der Waals surface area (Å²) in [6.45, 7) is 0. The summed E-state index contributed by atoms with van der Waals surface area (Å²) in [4.78, 5) is 25.9. The van der Waals surface area contributed by atoms with Gasteiger partial charge in [-0.2, -0.15) is 0 Å². The number of furan rings is 1. The van der Waals surface area contributed by atoms with Crippen molar-refractivity contribution in [1.82, 2.24) is 4.98 Å². The van der Waals surface area contributed by atoms with Crippen LogP contribution in [0.2, 0.25) is 0 Å². The van der Waals surface area contributed by atoms with Crippen LogP contribution in [-0.2, 0) is 0 Å². The van der Waals surface area contributed by atoms with Crippen LogP contribution in [0.3, 0.4) is 0 Å². The maximum Gasteiger partial charge on any atom is 0.362 e. The number of non-ortho nitro benzene ring substituents is 1. The Morgan fingerprint density at radius 2 is 2.18 bits per heavy atom. The molecule has 1 aromatic carbocycles. The predicted octanol–water partition coefficient (Wildman–Crippen LogP) is 2.75. The van der Waals surface area contributed by atoms with Gasteiger partial charge < -0.3 is 13.9 Å². The molecule has 0 bridgehead atoms. The van der Waals surface area contributed by atoms with Crippen molar-refractivity contribution in [2.75, 3.05) is 0 Å². The molecule has 0 saturated heterocycles. The van der Waals surface area contributed by atoms with E-state index in [0.29, 0.717) is 0 Å². The van der Waals surface area contributed by atoms with Crippen molar-refractivity contribution >= 4 is 28.6 Å². The monoisotopic (exact) mass is 300 g/mol. The van der Waals surface area contributed by atoms with E-state index in [1.807, 2.05) is 0 Å². The van der Waals surface area contributed by atoms with E-state index in [0.717, 1.165) is 12.1 Å². The first-order valence-corrected chi connectivity index (χ1v) is 6.08. The van der Waals surface area contributed by atoms with Crippen LogP contribution in [0.1, 0.15) is 11.5 Å². The van der Waals surface area contributed by atoms with Gasteiger partial charge in [-0.05, 0) is 18.2 Å². The number of aromatic nitrogens is 1. The second-order valence-electron chi connectivity index (χ2n) is 4.30. The zero-order chi connectivity index (χ0) is 15.7. The molecule has 1 N–H and O–H groups in total. The molecule has 2 aromatic heterocycles. The van der Waals surface area contributed by atoms with Crippen molar-refractivity contribution in [1.29, 1.82) is 0 Å². The summed E-state index contributed by atoms with van der Waals surface area (Å²) in [6.07, 6.45) is 2.47. The molecule has 8 heteroatoms. The number of aliphatic hydroxyl groups excluding tert-OH is 1. The van der Waals surface area contributed by atoms with E-state index in [1.165, 1.54) is 24.5 Å². The second-order valence-corrected chi connectivity index (χ2v) is 4.30. The summed E-state index contributed by atoms with van der Waals surface area (Å²) < 4.78 is 9.98. The Morgan fingerprint density at radius 1 is 1.36 bits per heavy atom. The molecule has 0 saturated carbocycles. The van der Waals surface area contributed by atoms with E-state index in [9.17, 15) is 20.0 Å². The predicted molar refractivity (Wildman–Crippen MR) is 76.1 cm³/mol. The summed E-state index contributed by atoms with van der Waals surface area (Å²) in [5.41, 5.74) is -0.932. The summed E-state index contributed by atoms with van der Waals surface area (Å²) >= 11 is 0. The van der Waals surface area contributed by atoms with Crippen molar-refractivity contribution in [2.45, 2.75) is 0 Å². The normalized spacial score (nSPS) is 11.7. The second kappa shape index (κ2) is 5.17. The molecule has 110 valence electrons. The highest BCUT2D eigenvalue weighted by molar-refractivity contribution is 5.78.